The predicted octanol–water partition coefficient (Wildman–Crippen LogP) is 3.44. The molecule has 1 heterocycles. The van der Waals surface area contributed by atoms with Crippen LogP contribution in [0.5, 0.6) is 5.75 Å². The van der Waals surface area contributed by atoms with E-state index in [1.54, 1.807) is 14.0 Å². The zero-order valence-electron chi connectivity index (χ0n) is 15.7. The number of carbonyl (C=O) groups is 2. The van der Waals surface area contributed by atoms with Crippen LogP contribution in [0.25, 0.3) is 10.6 Å². The number of nitrogens with zero attached hydrogens (tertiary/aromatic N) is 1. The number of rotatable bonds is 7. The molecule has 0 aliphatic carbocycles. The second-order valence-corrected chi connectivity index (χ2v) is 7.34. The lowest BCUT2D eigenvalue weighted by atomic mass is 10.1. The van der Waals surface area contributed by atoms with Crippen molar-refractivity contribution in [2.24, 2.45) is 5.92 Å². The van der Waals surface area contributed by atoms with Gasteiger partial charge in [-0.25, -0.2) is 9.78 Å². The van der Waals surface area contributed by atoms with Gasteiger partial charge in [0.2, 0.25) is 0 Å². The largest absolute Gasteiger partial charge is 0.497 e. The number of thiazole rings is 1. The topological polar surface area (TPSA) is 77.5 Å². The normalized spacial score (nSPS) is 11.9. The quantitative estimate of drug-likeness (QED) is 0.749. The fraction of sp³-hybridized carbons (Fsp3) is 0.421. The molecule has 1 aromatic heterocycles. The summed E-state index contributed by atoms with van der Waals surface area (Å²) in [4.78, 5) is 29.0. The molecule has 0 aliphatic rings. The van der Waals surface area contributed by atoms with Crippen molar-refractivity contribution >= 4 is 23.2 Å². The van der Waals surface area contributed by atoms with Crippen molar-refractivity contribution in [3.05, 3.63) is 34.8 Å². The second-order valence-electron chi connectivity index (χ2n) is 6.34. The maximum atomic E-state index is 12.3. The summed E-state index contributed by atoms with van der Waals surface area (Å²) in [7, 11) is 1.61. The summed E-state index contributed by atoms with van der Waals surface area (Å²) in [6.07, 6.45) is 0. The van der Waals surface area contributed by atoms with Gasteiger partial charge in [0.1, 0.15) is 15.6 Å². The van der Waals surface area contributed by atoms with Crippen LogP contribution in [0, 0.1) is 12.8 Å². The molecule has 1 N–H and O–H groups in total. The van der Waals surface area contributed by atoms with Crippen molar-refractivity contribution in [2.75, 3.05) is 13.7 Å². The molecule has 0 spiro atoms. The third-order valence-electron chi connectivity index (χ3n) is 4.04. The van der Waals surface area contributed by atoms with Gasteiger partial charge in [-0.15, -0.1) is 11.3 Å². The number of nitrogens with one attached hydrogen (secondary N) is 1. The first-order chi connectivity index (χ1) is 12.3. The molecule has 0 unspecified atom stereocenters. The lowest BCUT2D eigenvalue weighted by Gasteiger charge is -2.17. The standard InChI is InChI=1S/C19H24N2O4S/c1-11(2)12(3)20-16(22)10-25-19(23)17-13(4)21-18(26-17)14-6-8-15(24-5)9-7-14/h6-9,11-12H,10H2,1-5H3,(H,20,22)/t12-/m0/s1. The average molecular weight is 376 g/mol. The van der Waals surface area contributed by atoms with Gasteiger partial charge in [0.05, 0.1) is 12.8 Å². The van der Waals surface area contributed by atoms with Crippen molar-refractivity contribution in [3.63, 3.8) is 0 Å². The Bertz CT molecular complexity index is 768. The van der Waals surface area contributed by atoms with Gasteiger partial charge in [-0.1, -0.05) is 13.8 Å². The Labute approximate surface area is 157 Å². The van der Waals surface area contributed by atoms with E-state index in [0.29, 0.717) is 16.5 Å². The highest BCUT2D eigenvalue weighted by Crippen LogP contribution is 2.29. The summed E-state index contributed by atoms with van der Waals surface area (Å²) in [5.74, 6) is 0.220. The van der Waals surface area contributed by atoms with E-state index in [9.17, 15) is 9.59 Å². The summed E-state index contributed by atoms with van der Waals surface area (Å²) >= 11 is 1.25. The molecule has 2 rings (SSSR count). The van der Waals surface area contributed by atoms with Crippen molar-refractivity contribution in [1.29, 1.82) is 0 Å². The number of carbonyl (C=O) groups excluding carboxylic acids is 2. The van der Waals surface area contributed by atoms with E-state index in [2.05, 4.69) is 10.3 Å². The summed E-state index contributed by atoms with van der Waals surface area (Å²) in [6.45, 7) is 7.39. The lowest BCUT2D eigenvalue weighted by molar-refractivity contribution is -0.125. The highest BCUT2D eigenvalue weighted by atomic mass is 32.1. The molecule has 0 bridgehead atoms. The third-order valence-corrected chi connectivity index (χ3v) is 5.23. The predicted molar refractivity (Wildman–Crippen MR) is 102 cm³/mol. The maximum absolute atomic E-state index is 12.3. The monoisotopic (exact) mass is 376 g/mol. The van der Waals surface area contributed by atoms with Crippen LogP contribution in [0.4, 0.5) is 0 Å². The van der Waals surface area contributed by atoms with Crippen molar-refractivity contribution in [3.8, 4) is 16.3 Å². The van der Waals surface area contributed by atoms with Gasteiger partial charge >= 0.3 is 5.97 Å². The fourth-order valence-electron chi connectivity index (χ4n) is 2.10. The number of benzene rings is 1. The van der Waals surface area contributed by atoms with Gasteiger partial charge in [0.25, 0.3) is 5.91 Å². The maximum Gasteiger partial charge on any atom is 0.350 e. The lowest BCUT2D eigenvalue weighted by Crippen LogP contribution is -2.38. The van der Waals surface area contributed by atoms with E-state index >= 15 is 0 Å². The highest BCUT2D eigenvalue weighted by molar-refractivity contribution is 7.17. The van der Waals surface area contributed by atoms with Gasteiger partial charge in [-0.05, 0) is 44.0 Å². The van der Waals surface area contributed by atoms with E-state index in [1.807, 2.05) is 45.0 Å². The molecule has 140 valence electrons. The highest BCUT2D eigenvalue weighted by Gasteiger charge is 2.19. The fourth-order valence-corrected chi connectivity index (χ4v) is 3.07. The molecule has 0 aliphatic heterocycles. The molecule has 7 heteroatoms. The first-order valence-corrected chi connectivity index (χ1v) is 9.21. The zero-order chi connectivity index (χ0) is 19.3. The molecular weight excluding hydrogens is 352 g/mol. The second kappa shape index (κ2) is 8.80. The Hall–Kier alpha value is -2.41. The van der Waals surface area contributed by atoms with Crippen molar-refractivity contribution in [2.45, 2.75) is 33.7 Å². The third kappa shape index (κ3) is 5.05. The summed E-state index contributed by atoms with van der Waals surface area (Å²) in [5, 5.41) is 3.52. The van der Waals surface area contributed by atoms with Gasteiger partial charge in [-0.3, -0.25) is 4.79 Å². The minimum Gasteiger partial charge on any atom is -0.497 e. The van der Waals surface area contributed by atoms with Crippen molar-refractivity contribution < 1.29 is 19.1 Å². The van der Waals surface area contributed by atoms with E-state index in [4.69, 9.17) is 9.47 Å². The summed E-state index contributed by atoms with van der Waals surface area (Å²) < 4.78 is 10.3. The van der Waals surface area contributed by atoms with Crippen LogP contribution in [-0.4, -0.2) is 36.6 Å². The minimum absolute atomic E-state index is 0.0213. The molecule has 0 saturated carbocycles. The van der Waals surface area contributed by atoms with Gasteiger partial charge in [-0.2, -0.15) is 0 Å². The number of hydrogen-bond acceptors (Lipinski definition) is 6. The Morgan fingerprint density at radius 1 is 1.19 bits per heavy atom. The molecule has 0 saturated heterocycles. The SMILES string of the molecule is COc1ccc(-c2nc(C)c(C(=O)OCC(=O)N[C@@H](C)C(C)C)s2)cc1. The van der Waals surface area contributed by atoms with Crippen LogP contribution in [0.3, 0.4) is 0 Å². The molecule has 6 nitrogen and oxygen atoms in total. The number of methoxy groups -OCH3 is 1. The zero-order valence-corrected chi connectivity index (χ0v) is 16.5. The number of aromatic nitrogens is 1. The van der Waals surface area contributed by atoms with E-state index in [-0.39, 0.29) is 18.6 Å². The number of aryl methyl sites for hydroxylation is 1. The van der Waals surface area contributed by atoms with Crippen LogP contribution < -0.4 is 10.1 Å². The molecule has 1 atom stereocenters. The first-order valence-electron chi connectivity index (χ1n) is 8.40. The van der Waals surface area contributed by atoms with Crippen molar-refractivity contribution in [1.82, 2.24) is 10.3 Å². The molecule has 2 aromatic rings. The minimum atomic E-state index is -0.535. The molecule has 0 radical (unpaired) electrons. The van der Waals surface area contributed by atoms with Crippen LogP contribution in [0.15, 0.2) is 24.3 Å². The van der Waals surface area contributed by atoms with Crippen LogP contribution in [-0.2, 0) is 9.53 Å². The van der Waals surface area contributed by atoms with Gasteiger partial charge in [0.15, 0.2) is 6.61 Å². The smallest absolute Gasteiger partial charge is 0.350 e. The van der Waals surface area contributed by atoms with E-state index in [1.165, 1.54) is 11.3 Å². The summed E-state index contributed by atoms with van der Waals surface area (Å²) in [6, 6.07) is 7.46. The summed E-state index contributed by atoms with van der Waals surface area (Å²) in [5.41, 5.74) is 1.48. The van der Waals surface area contributed by atoms with Crippen LogP contribution in [0.2, 0.25) is 0 Å². The Balaban J connectivity index is 2.01. The molecule has 0 fully saturated rings. The molecule has 26 heavy (non-hydrogen) atoms. The van der Waals surface area contributed by atoms with Gasteiger partial charge in [0, 0.05) is 11.6 Å². The van der Waals surface area contributed by atoms with E-state index in [0.717, 1.165) is 16.3 Å². The Kier molecular flexibility index (Phi) is 6.74. The first kappa shape index (κ1) is 19.9. The Morgan fingerprint density at radius 2 is 1.85 bits per heavy atom. The average Bonchev–Trinajstić information content (AvgIpc) is 3.01. The Morgan fingerprint density at radius 3 is 2.42 bits per heavy atom. The molecular formula is C19H24N2O4S. The van der Waals surface area contributed by atoms with E-state index < -0.39 is 5.97 Å². The number of hydrogen-bond donors (Lipinski definition) is 1. The van der Waals surface area contributed by atoms with Gasteiger partial charge < -0.3 is 14.8 Å². The number of amides is 1. The molecule has 1 amide bonds. The number of esters is 1. The van der Waals surface area contributed by atoms with Crippen LogP contribution in [0.1, 0.15) is 36.1 Å². The van der Waals surface area contributed by atoms with Crippen LogP contribution >= 0.6 is 11.3 Å². The molecule has 1 aromatic carbocycles. The number of ether oxygens (including phenoxy) is 2.